The van der Waals surface area contributed by atoms with Gasteiger partial charge >= 0.3 is 0 Å². The van der Waals surface area contributed by atoms with E-state index < -0.39 is 0 Å². The Bertz CT molecular complexity index is 589. The first-order valence-corrected chi connectivity index (χ1v) is 7.27. The van der Waals surface area contributed by atoms with Crippen LogP contribution in [-0.4, -0.2) is 19.3 Å². The van der Waals surface area contributed by atoms with E-state index in [0.717, 1.165) is 36.1 Å². The van der Waals surface area contributed by atoms with E-state index in [-0.39, 0.29) is 12.1 Å². The fraction of sp³-hybridized carbons (Fsp3) is 0.412. The summed E-state index contributed by atoms with van der Waals surface area (Å²) in [6.45, 7) is 3.51. The van der Waals surface area contributed by atoms with Crippen LogP contribution in [0.25, 0.3) is 10.8 Å². The smallest absolute Gasteiger partial charge is 0.132 e. The number of hydrogen-bond acceptors (Lipinski definition) is 3. The molecule has 1 heterocycles. The minimum Gasteiger partial charge on any atom is -0.487 e. The van der Waals surface area contributed by atoms with E-state index in [1.54, 1.807) is 0 Å². The van der Waals surface area contributed by atoms with Gasteiger partial charge in [0.1, 0.15) is 11.9 Å². The van der Waals surface area contributed by atoms with E-state index in [0.29, 0.717) is 6.61 Å². The average Bonchev–Trinajstić information content (AvgIpc) is 2.48. The Morgan fingerprint density at radius 1 is 1.25 bits per heavy atom. The van der Waals surface area contributed by atoms with Crippen molar-refractivity contribution in [2.24, 2.45) is 5.73 Å². The third-order valence-electron chi connectivity index (χ3n) is 3.80. The van der Waals surface area contributed by atoms with E-state index in [1.807, 2.05) is 19.1 Å². The van der Waals surface area contributed by atoms with Crippen molar-refractivity contribution >= 4 is 10.8 Å². The van der Waals surface area contributed by atoms with Gasteiger partial charge in [-0.1, -0.05) is 36.4 Å². The van der Waals surface area contributed by atoms with Crippen LogP contribution >= 0.6 is 0 Å². The van der Waals surface area contributed by atoms with Crippen molar-refractivity contribution in [2.75, 3.05) is 13.2 Å². The number of nitrogens with two attached hydrogens (primary N) is 1. The van der Waals surface area contributed by atoms with E-state index in [2.05, 4.69) is 24.3 Å². The highest BCUT2D eigenvalue weighted by Crippen LogP contribution is 2.34. The first-order chi connectivity index (χ1) is 9.75. The molecule has 0 aliphatic carbocycles. The summed E-state index contributed by atoms with van der Waals surface area (Å²) in [7, 11) is 0. The van der Waals surface area contributed by atoms with Crippen molar-refractivity contribution in [1.82, 2.24) is 0 Å². The quantitative estimate of drug-likeness (QED) is 0.930. The summed E-state index contributed by atoms with van der Waals surface area (Å²) < 4.78 is 11.8. The van der Waals surface area contributed by atoms with Crippen molar-refractivity contribution in [2.45, 2.75) is 31.9 Å². The van der Waals surface area contributed by atoms with Gasteiger partial charge in [-0.25, -0.2) is 0 Å². The standard InChI is InChI=1S/C17H21NO2/c1-12(18)15-9-8-13-5-2-3-7-16(13)17(15)20-14-6-4-10-19-11-14/h2-3,5,7-9,12,14H,4,6,10-11,18H2,1H3/t12-,14?/m1/s1. The number of ether oxygens (including phenoxy) is 2. The summed E-state index contributed by atoms with van der Waals surface area (Å²) in [5.74, 6) is 0.925. The van der Waals surface area contributed by atoms with Gasteiger partial charge < -0.3 is 15.2 Å². The number of rotatable bonds is 3. The Hall–Kier alpha value is -1.58. The van der Waals surface area contributed by atoms with Crippen molar-refractivity contribution in [1.29, 1.82) is 0 Å². The van der Waals surface area contributed by atoms with Gasteiger partial charge in [0.2, 0.25) is 0 Å². The lowest BCUT2D eigenvalue weighted by molar-refractivity contribution is 0.00761. The van der Waals surface area contributed by atoms with Crippen LogP contribution in [0.1, 0.15) is 31.4 Å². The van der Waals surface area contributed by atoms with Crippen LogP contribution in [0.2, 0.25) is 0 Å². The second-order valence-electron chi connectivity index (χ2n) is 5.45. The van der Waals surface area contributed by atoms with Crippen molar-refractivity contribution in [3.05, 3.63) is 42.0 Å². The third kappa shape index (κ3) is 2.65. The molecule has 3 rings (SSSR count). The van der Waals surface area contributed by atoms with Crippen molar-refractivity contribution < 1.29 is 9.47 Å². The summed E-state index contributed by atoms with van der Waals surface area (Å²) in [5, 5.41) is 2.32. The first kappa shape index (κ1) is 13.4. The Labute approximate surface area is 119 Å². The Balaban J connectivity index is 2.02. The lowest BCUT2D eigenvalue weighted by atomic mass is 10.0. The topological polar surface area (TPSA) is 44.5 Å². The van der Waals surface area contributed by atoms with Gasteiger partial charge in [0.25, 0.3) is 0 Å². The maximum atomic E-state index is 6.26. The average molecular weight is 271 g/mol. The summed E-state index contributed by atoms with van der Waals surface area (Å²) in [6.07, 6.45) is 2.23. The van der Waals surface area contributed by atoms with E-state index >= 15 is 0 Å². The van der Waals surface area contributed by atoms with Crippen LogP contribution < -0.4 is 10.5 Å². The van der Waals surface area contributed by atoms with Crippen molar-refractivity contribution in [3.63, 3.8) is 0 Å². The first-order valence-electron chi connectivity index (χ1n) is 7.27. The van der Waals surface area contributed by atoms with Gasteiger partial charge in [-0.3, -0.25) is 0 Å². The molecular weight excluding hydrogens is 250 g/mol. The van der Waals surface area contributed by atoms with E-state index in [4.69, 9.17) is 15.2 Å². The van der Waals surface area contributed by atoms with Gasteiger partial charge in [-0.05, 0) is 25.2 Å². The molecule has 1 aliphatic rings. The van der Waals surface area contributed by atoms with Gasteiger partial charge in [0, 0.05) is 23.6 Å². The van der Waals surface area contributed by atoms with E-state index in [1.165, 1.54) is 5.39 Å². The second-order valence-corrected chi connectivity index (χ2v) is 5.45. The maximum Gasteiger partial charge on any atom is 0.132 e. The molecule has 2 atom stereocenters. The van der Waals surface area contributed by atoms with Gasteiger partial charge in [-0.15, -0.1) is 0 Å². The molecule has 2 N–H and O–H groups in total. The molecule has 2 aromatic carbocycles. The molecule has 0 amide bonds. The lowest BCUT2D eigenvalue weighted by Crippen LogP contribution is -2.28. The molecule has 1 fully saturated rings. The molecule has 3 nitrogen and oxygen atoms in total. The number of benzene rings is 2. The summed E-state index contributed by atoms with van der Waals surface area (Å²) >= 11 is 0. The summed E-state index contributed by atoms with van der Waals surface area (Å²) in [6, 6.07) is 12.4. The number of fused-ring (bicyclic) bond motifs is 1. The van der Waals surface area contributed by atoms with Crippen LogP contribution in [-0.2, 0) is 4.74 Å². The molecule has 20 heavy (non-hydrogen) atoms. The van der Waals surface area contributed by atoms with Gasteiger partial charge in [-0.2, -0.15) is 0 Å². The fourth-order valence-corrected chi connectivity index (χ4v) is 2.72. The molecule has 0 spiro atoms. The molecular formula is C17H21NO2. The zero-order valence-electron chi connectivity index (χ0n) is 11.8. The molecule has 0 saturated carbocycles. The predicted octanol–water partition coefficient (Wildman–Crippen LogP) is 3.42. The lowest BCUT2D eigenvalue weighted by Gasteiger charge is -2.26. The highest BCUT2D eigenvalue weighted by molar-refractivity contribution is 5.89. The molecule has 1 aliphatic heterocycles. The zero-order chi connectivity index (χ0) is 13.9. The normalized spacial score (nSPS) is 20.8. The van der Waals surface area contributed by atoms with Crippen LogP contribution in [0.5, 0.6) is 5.75 Å². The molecule has 3 heteroatoms. The zero-order valence-corrected chi connectivity index (χ0v) is 11.8. The molecule has 1 saturated heterocycles. The molecule has 0 radical (unpaired) electrons. The minimum absolute atomic E-state index is 0.0425. The predicted molar refractivity (Wildman–Crippen MR) is 81.0 cm³/mol. The van der Waals surface area contributed by atoms with Crippen molar-refractivity contribution in [3.8, 4) is 5.75 Å². The highest BCUT2D eigenvalue weighted by Gasteiger charge is 2.19. The van der Waals surface area contributed by atoms with Crippen LogP contribution in [0.4, 0.5) is 0 Å². The summed E-state index contributed by atoms with van der Waals surface area (Å²) in [4.78, 5) is 0. The van der Waals surface area contributed by atoms with Crippen LogP contribution in [0.15, 0.2) is 36.4 Å². The minimum atomic E-state index is -0.0425. The Morgan fingerprint density at radius 2 is 2.10 bits per heavy atom. The summed E-state index contributed by atoms with van der Waals surface area (Å²) in [5.41, 5.74) is 7.16. The Kier molecular flexibility index (Phi) is 3.90. The second kappa shape index (κ2) is 5.81. The highest BCUT2D eigenvalue weighted by atomic mass is 16.5. The monoisotopic (exact) mass is 271 g/mol. The van der Waals surface area contributed by atoms with Crippen LogP contribution in [0.3, 0.4) is 0 Å². The molecule has 1 unspecified atom stereocenters. The third-order valence-corrected chi connectivity index (χ3v) is 3.80. The largest absolute Gasteiger partial charge is 0.487 e. The van der Waals surface area contributed by atoms with Crippen LogP contribution in [0, 0.1) is 0 Å². The fourth-order valence-electron chi connectivity index (χ4n) is 2.72. The van der Waals surface area contributed by atoms with Gasteiger partial charge in [0.05, 0.1) is 6.61 Å². The van der Waals surface area contributed by atoms with E-state index in [9.17, 15) is 0 Å². The maximum absolute atomic E-state index is 6.26. The Morgan fingerprint density at radius 3 is 2.85 bits per heavy atom. The number of hydrogen-bond donors (Lipinski definition) is 1. The molecule has 106 valence electrons. The SMILES string of the molecule is C[C@@H](N)c1ccc2ccccc2c1OC1CCCOC1. The molecule has 2 aromatic rings. The molecule has 0 aromatic heterocycles. The van der Waals surface area contributed by atoms with Gasteiger partial charge in [0.15, 0.2) is 0 Å². The molecule has 0 bridgehead atoms.